The Bertz CT molecular complexity index is 633. The van der Waals surface area contributed by atoms with Gasteiger partial charge < -0.3 is 10.2 Å². The Labute approximate surface area is 121 Å². The van der Waals surface area contributed by atoms with Crippen molar-refractivity contribution in [1.82, 2.24) is 40.2 Å². The summed E-state index contributed by atoms with van der Waals surface area (Å²) in [5.74, 6) is 0.504. The Kier molecular flexibility index (Phi) is 3.55. The number of carbonyl (C=O) groups is 1. The number of nitrogens with one attached hydrogen (secondary N) is 1. The Morgan fingerprint density at radius 1 is 1.52 bits per heavy atom. The van der Waals surface area contributed by atoms with Crippen LogP contribution in [0.15, 0.2) is 12.4 Å². The van der Waals surface area contributed by atoms with Gasteiger partial charge in [-0.25, -0.2) is 4.79 Å². The standard InChI is InChI=1S/C12H18N8O/c1-9-5-14-20(7-9)10-3-4-19(8-10)12(21)13-6-11-15-17-18(2)16-11/h5,7,10H,3-4,6,8H2,1-2H3,(H,13,21). The second-order valence-corrected chi connectivity index (χ2v) is 5.24. The molecule has 2 aromatic rings. The maximum absolute atomic E-state index is 12.1. The molecular formula is C12H18N8O. The summed E-state index contributed by atoms with van der Waals surface area (Å²) in [7, 11) is 1.69. The molecule has 2 amide bonds. The van der Waals surface area contributed by atoms with E-state index in [1.54, 1.807) is 11.9 Å². The van der Waals surface area contributed by atoms with Crippen molar-refractivity contribution in [3.05, 3.63) is 23.8 Å². The number of rotatable bonds is 3. The minimum atomic E-state index is -0.103. The molecule has 3 rings (SSSR count). The van der Waals surface area contributed by atoms with Crippen LogP contribution in [0.1, 0.15) is 23.9 Å². The molecule has 2 aromatic heterocycles. The van der Waals surface area contributed by atoms with Crippen LogP contribution in [0, 0.1) is 6.92 Å². The smallest absolute Gasteiger partial charge is 0.317 e. The van der Waals surface area contributed by atoms with E-state index in [1.807, 2.05) is 24.0 Å². The summed E-state index contributed by atoms with van der Waals surface area (Å²) < 4.78 is 1.94. The SMILES string of the molecule is Cc1cnn(C2CCN(C(=O)NCc3nnn(C)n3)C2)c1. The van der Waals surface area contributed by atoms with Gasteiger partial charge in [-0.3, -0.25) is 4.68 Å². The van der Waals surface area contributed by atoms with Crippen LogP contribution < -0.4 is 5.32 Å². The zero-order valence-electron chi connectivity index (χ0n) is 12.1. The molecule has 0 spiro atoms. The van der Waals surface area contributed by atoms with Crippen molar-refractivity contribution in [1.29, 1.82) is 0 Å². The number of hydrogen-bond acceptors (Lipinski definition) is 5. The average molecular weight is 290 g/mol. The van der Waals surface area contributed by atoms with Gasteiger partial charge in [-0.05, 0) is 24.1 Å². The summed E-state index contributed by atoms with van der Waals surface area (Å²) in [5.41, 5.74) is 1.13. The van der Waals surface area contributed by atoms with Gasteiger partial charge in [0.05, 0.1) is 25.8 Å². The number of hydrogen-bond donors (Lipinski definition) is 1. The summed E-state index contributed by atoms with van der Waals surface area (Å²) in [6, 6.07) is 0.146. The number of likely N-dealkylation sites (tertiary alicyclic amines) is 1. The third-order valence-electron chi connectivity index (χ3n) is 3.50. The van der Waals surface area contributed by atoms with Gasteiger partial charge >= 0.3 is 6.03 Å². The molecule has 0 bridgehead atoms. The number of nitrogens with zero attached hydrogens (tertiary/aromatic N) is 7. The van der Waals surface area contributed by atoms with Crippen molar-refractivity contribution >= 4 is 6.03 Å². The molecule has 112 valence electrons. The first-order valence-electron chi connectivity index (χ1n) is 6.88. The zero-order chi connectivity index (χ0) is 14.8. The summed E-state index contributed by atoms with van der Waals surface area (Å²) in [4.78, 5) is 15.3. The topological polar surface area (TPSA) is 93.8 Å². The third-order valence-corrected chi connectivity index (χ3v) is 3.50. The first-order chi connectivity index (χ1) is 10.1. The van der Waals surface area contributed by atoms with Gasteiger partial charge in [-0.15, -0.1) is 10.2 Å². The molecule has 1 atom stereocenters. The molecule has 0 aliphatic carbocycles. The molecule has 1 N–H and O–H groups in total. The van der Waals surface area contributed by atoms with Crippen LogP contribution in [-0.4, -0.2) is 54.0 Å². The Morgan fingerprint density at radius 2 is 2.38 bits per heavy atom. The highest BCUT2D eigenvalue weighted by atomic mass is 16.2. The quantitative estimate of drug-likeness (QED) is 0.850. The lowest BCUT2D eigenvalue weighted by Gasteiger charge is -2.16. The lowest BCUT2D eigenvalue weighted by atomic mass is 10.3. The van der Waals surface area contributed by atoms with Gasteiger partial charge in [0.25, 0.3) is 0 Å². The molecule has 21 heavy (non-hydrogen) atoms. The second kappa shape index (κ2) is 5.51. The summed E-state index contributed by atoms with van der Waals surface area (Å²) in [6.07, 6.45) is 4.76. The van der Waals surface area contributed by atoms with E-state index >= 15 is 0 Å². The van der Waals surface area contributed by atoms with Crippen LogP contribution in [0.25, 0.3) is 0 Å². The summed E-state index contributed by atoms with van der Waals surface area (Å²) in [6.45, 7) is 3.69. The van der Waals surface area contributed by atoms with Crippen LogP contribution in [0.5, 0.6) is 0 Å². The molecule has 1 aliphatic heterocycles. The number of amides is 2. The fourth-order valence-electron chi connectivity index (χ4n) is 2.44. The Hall–Kier alpha value is -2.45. The predicted octanol–water partition coefficient (Wildman–Crippen LogP) is -0.128. The fraction of sp³-hybridized carbons (Fsp3) is 0.583. The fourth-order valence-corrected chi connectivity index (χ4v) is 2.44. The van der Waals surface area contributed by atoms with E-state index in [4.69, 9.17) is 0 Å². The maximum Gasteiger partial charge on any atom is 0.317 e. The van der Waals surface area contributed by atoms with Gasteiger partial charge in [0.1, 0.15) is 0 Å². The molecule has 0 saturated carbocycles. The van der Waals surface area contributed by atoms with Crippen LogP contribution in [0.3, 0.4) is 0 Å². The predicted molar refractivity (Wildman–Crippen MR) is 73.2 cm³/mol. The van der Waals surface area contributed by atoms with E-state index in [-0.39, 0.29) is 18.6 Å². The second-order valence-electron chi connectivity index (χ2n) is 5.24. The van der Waals surface area contributed by atoms with Crippen molar-refractivity contribution in [3.63, 3.8) is 0 Å². The van der Waals surface area contributed by atoms with E-state index in [0.29, 0.717) is 12.4 Å². The number of carbonyl (C=O) groups excluding carboxylic acids is 1. The molecule has 1 saturated heterocycles. The molecule has 0 radical (unpaired) electrons. The molecule has 1 aliphatic rings. The average Bonchev–Trinajstić information content (AvgIpc) is 3.16. The number of tetrazole rings is 1. The highest BCUT2D eigenvalue weighted by Gasteiger charge is 2.27. The maximum atomic E-state index is 12.1. The lowest BCUT2D eigenvalue weighted by Crippen LogP contribution is -2.38. The Morgan fingerprint density at radius 3 is 3.05 bits per heavy atom. The molecule has 0 aromatic carbocycles. The first kappa shape index (κ1) is 13.5. The van der Waals surface area contributed by atoms with Crippen molar-refractivity contribution in [2.24, 2.45) is 7.05 Å². The monoisotopic (exact) mass is 290 g/mol. The van der Waals surface area contributed by atoms with E-state index in [0.717, 1.165) is 18.5 Å². The summed E-state index contributed by atoms with van der Waals surface area (Å²) >= 11 is 0. The van der Waals surface area contributed by atoms with Crippen molar-refractivity contribution in [2.75, 3.05) is 13.1 Å². The molecule has 3 heterocycles. The minimum Gasteiger partial charge on any atom is -0.331 e. The van der Waals surface area contributed by atoms with E-state index in [1.165, 1.54) is 4.80 Å². The zero-order valence-corrected chi connectivity index (χ0v) is 12.1. The molecule has 1 fully saturated rings. The first-order valence-corrected chi connectivity index (χ1v) is 6.88. The number of urea groups is 1. The minimum absolute atomic E-state index is 0.103. The van der Waals surface area contributed by atoms with Crippen molar-refractivity contribution < 1.29 is 4.79 Å². The van der Waals surface area contributed by atoms with E-state index in [2.05, 4.69) is 25.8 Å². The third kappa shape index (κ3) is 3.01. The number of aromatic nitrogens is 6. The molecule has 9 heteroatoms. The van der Waals surface area contributed by atoms with Crippen molar-refractivity contribution in [2.45, 2.75) is 25.9 Å². The van der Waals surface area contributed by atoms with Crippen LogP contribution >= 0.6 is 0 Å². The largest absolute Gasteiger partial charge is 0.331 e. The highest BCUT2D eigenvalue weighted by molar-refractivity contribution is 5.74. The van der Waals surface area contributed by atoms with E-state index in [9.17, 15) is 4.79 Å². The van der Waals surface area contributed by atoms with Gasteiger partial charge in [0.15, 0.2) is 5.82 Å². The lowest BCUT2D eigenvalue weighted by molar-refractivity contribution is 0.206. The summed E-state index contributed by atoms with van der Waals surface area (Å²) in [5, 5.41) is 18.7. The van der Waals surface area contributed by atoms with Crippen LogP contribution in [0.2, 0.25) is 0 Å². The van der Waals surface area contributed by atoms with Crippen LogP contribution in [-0.2, 0) is 13.6 Å². The highest BCUT2D eigenvalue weighted by Crippen LogP contribution is 2.21. The normalized spacial score (nSPS) is 18.2. The molecule has 9 nitrogen and oxygen atoms in total. The van der Waals surface area contributed by atoms with Gasteiger partial charge in [-0.1, -0.05) is 0 Å². The van der Waals surface area contributed by atoms with Gasteiger partial charge in [-0.2, -0.15) is 9.90 Å². The molecule has 1 unspecified atom stereocenters. The Balaban J connectivity index is 1.52. The van der Waals surface area contributed by atoms with Crippen molar-refractivity contribution in [3.8, 4) is 0 Å². The van der Waals surface area contributed by atoms with E-state index < -0.39 is 0 Å². The molecular weight excluding hydrogens is 272 g/mol. The van der Waals surface area contributed by atoms with Gasteiger partial charge in [0.2, 0.25) is 0 Å². The van der Waals surface area contributed by atoms with Crippen LogP contribution in [0.4, 0.5) is 4.79 Å². The number of aryl methyl sites for hydroxylation is 2. The van der Waals surface area contributed by atoms with Gasteiger partial charge in [0, 0.05) is 19.3 Å².